The van der Waals surface area contributed by atoms with E-state index >= 15 is 0 Å². The van der Waals surface area contributed by atoms with Crippen LogP contribution in [0.4, 0.5) is 21.8 Å². The van der Waals surface area contributed by atoms with Crippen LogP contribution in [-0.4, -0.2) is 42.1 Å². The molecule has 2 N–H and O–H groups in total. The van der Waals surface area contributed by atoms with E-state index in [1.807, 2.05) is 11.4 Å². The van der Waals surface area contributed by atoms with Crippen molar-refractivity contribution in [2.45, 2.75) is 38.1 Å². The molecule has 34 heavy (non-hydrogen) atoms. The molecule has 1 aromatic carbocycles. The van der Waals surface area contributed by atoms with Gasteiger partial charge in [0, 0.05) is 31.3 Å². The monoisotopic (exact) mass is 484 g/mol. The third kappa shape index (κ3) is 6.09. The molecule has 0 saturated heterocycles. The number of allylic oxidation sites excluding steroid dienone is 1. The first-order valence-electron chi connectivity index (χ1n) is 11.4. The molecule has 3 aromatic rings. The first-order valence-corrected chi connectivity index (χ1v) is 12.3. The second-order valence-corrected chi connectivity index (χ2v) is 9.29. The molecule has 0 radical (unpaired) electrons. The summed E-state index contributed by atoms with van der Waals surface area (Å²) in [5, 5.41) is 8.67. The molecule has 2 heterocycles. The fourth-order valence-corrected chi connectivity index (χ4v) is 4.93. The van der Waals surface area contributed by atoms with Gasteiger partial charge in [0.1, 0.15) is 12.4 Å². The SMILES string of the molecule is C=CC(=O)CC1CCC(Nc2nc(Nc3ccc(OCCOC)c(F)c3)nc3ccsc23)CC1. The minimum absolute atomic E-state index is 0.120. The molecule has 0 aliphatic heterocycles. The number of fused-ring (bicyclic) bond motifs is 1. The van der Waals surface area contributed by atoms with Crippen LogP contribution < -0.4 is 15.4 Å². The van der Waals surface area contributed by atoms with E-state index in [9.17, 15) is 9.18 Å². The maximum atomic E-state index is 14.4. The smallest absolute Gasteiger partial charge is 0.229 e. The van der Waals surface area contributed by atoms with Crippen molar-refractivity contribution in [1.82, 2.24) is 9.97 Å². The Morgan fingerprint density at radius 3 is 2.79 bits per heavy atom. The van der Waals surface area contributed by atoms with Gasteiger partial charge in [-0.1, -0.05) is 6.58 Å². The Labute approximate surface area is 202 Å². The van der Waals surface area contributed by atoms with Crippen LogP contribution >= 0.6 is 11.3 Å². The van der Waals surface area contributed by atoms with Gasteiger partial charge >= 0.3 is 0 Å². The number of hydrogen-bond donors (Lipinski definition) is 2. The number of carbonyl (C=O) groups excluding carboxylic acids is 1. The van der Waals surface area contributed by atoms with E-state index in [0.717, 1.165) is 41.7 Å². The summed E-state index contributed by atoms with van der Waals surface area (Å²) in [7, 11) is 1.57. The fraction of sp³-hybridized carbons (Fsp3) is 0.400. The number of methoxy groups -OCH3 is 1. The number of aromatic nitrogens is 2. The Bertz CT molecular complexity index is 1140. The number of halogens is 1. The number of nitrogens with one attached hydrogen (secondary N) is 2. The lowest BCUT2D eigenvalue weighted by Crippen LogP contribution is -2.27. The highest BCUT2D eigenvalue weighted by molar-refractivity contribution is 7.17. The summed E-state index contributed by atoms with van der Waals surface area (Å²) in [5.41, 5.74) is 1.36. The third-order valence-electron chi connectivity index (χ3n) is 5.94. The van der Waals surface area contributed by atoms with Crippen LogP contribution in [0, 0.1) is 11.7 Å². The van der Waals surface area contributed by atoms with Crippen LogP contribution in [0.3, 0.4) is 0 Å². The highest BCUT2D eigenvalue weighted by Crippen LogP contribution is 2.33. The lowest BCUT2D eigenvalue weighted by molar-refractivity contribution is -0.115. The third-order valence-corrected chi connectivity index (χ3v) is 6.85. The Kier molecular flexibility index (Phi) is 8.08. The van der Waals surface area contributed by atoms with Gasteiger partial charge in [-0.3, -0.25) is 4.79 Å². The summed E-state index contributed by atoms with van der Waals surface area (Å²) < 4.78 is 25.7. The fourth-order valence-electron chi connectivity index (χ4n) is 4.15. The summed E-state index contributed by atoms with van der Waals surface area (Å²) in [4.78, 5) is 20.9. The zero-order valence-corrected chi connectivity index (χ0v) is 20.0. The maximum Gasteiger partial charge on any atom is 0.229 e. The average Bonchev–Trinajstić information content (AvgIpc) is 3.31. The van der Waals surface area contributed by atoms with Crippen LogP contribution in [0.15, 0.2) is 42.3 Å². The molecule has 0 spiro atoms. The number of benzene rings is 1. The minimum atomic E-state index is -0.470. The topological polar surface area (TPSA) is 85.4 Å². The molecular weight excluding hydrogens is 455 g/mol. The largest absolute Gasteiger partial charge is 0.488 e. The number of ether oxygens (including phenoxy) is 2. The van der Waals surface area contributed by atoms with Crippen molar-refractivity contribution >= 4 is 44.8 Å². The Balaban J connectivity index is 1.44. The molecule has 1 saturated carbocycles. The zero-order chi connectivity index (χ0) is 23.9. The summed E-state index contributed by atoms with van der Waals surface area (Å²) in [5.74, 6) is 1.41. The number of carbonyl (C=O) groups is 1. The molecule has 2 aromatic heterocycles. The molecule has 0 amide bonds. The molecule has 0 bridgehead atoms. The Morgan fingerprint density at radius 2 is 2.06 bits per heavy atom. The molecule has 4 rings (SSSR count). The summed E-state index contributed by atoms with van der Waals surface area (Å²) in [6.45, 7) is 4.24. The van der Waals surface area contributed by atoms with Gasteiger partial charge in [-0.15, -0.1) is 11.3 Å². The van der Waals surface area contributed by atoms with Crippen molar-refractivity contribution in [3.8, 4) is 5.75 Å². The van der Waals surface area contributed by atoms with E-state index < -0.39 is 5.82 Å². The molecule has 180 valence electrons. The van der Waals surface area contributed by atoms with Crippen molar-refractivity contribution < 1.29 is 18.7 Å². The Hall–Kier alpha value is -3.04. The van der Waals surface area contributed by atoms with E-state index in [1.54, 1.807) is 30.6 Å². The van der Waals surface area contributed by atoms with E-state index in [2.05, 4.69) is 22.2 Å². The second-order valence-electron chi connectivity index (χ2n) is 8.38. The standard InChI is InChI=1S/C25H29FN4O3S/c1-3-19(31)14-16-4-6-17(7-5-16)27-24-23-21(10-13-34-23)29-25(30-24)28-18-8-9-22(20(26)15-18)33-12-11-32-2/h3,8-10,13,15-17H,1,4-7,11-12,14H2,2H3,(H2,27,28,29,30). The van der Waals surface area contributed by atoms with Crippen molar-refractivity contribution in [2.75, 3.05) is 31.0 Å². The number of ketones is 1. The van der Waals surface area contributed by atoms with Gasteiger partial charge in [0.15, 0.2) is 17.3 Å². The molecule has 9 heteroatoms. The van der Waals surface area contributed by atoms with Gasteiger partial charge in [-0.2, -0.15) is 4.98 Å². The van der Waals surface area contributed by atoms with Crippen LogP contribution in [-0.2, 0) is 9.53 Å². The van der Waals surface area contributed by atoms with Gasteiger partial charge in [0.05, 0.1) is 16.8 Å². The highest BCUT2D eigenvalue weighted by atomic mass is 32.1. The average molecular weight is 485 g/mol. The van der Waals surface area contributed by atoms with Gasteiger partial charge in [-0.05, 0) is 61.3 Å². The minimum Gasteiger partial charge on any atom is -0.488 e. The van der Waals surface area contributed by atoms with Gasteiger partial charge in [0.25, 0.3) is 0 Å². The van der Waals surface area contributed by atoms with Crippen LogP contribution in [0.5, 0.6) is 5.75 Å². The molecular formula is C25H29FN4O3S. The van der Waals surface area contributed by atoms with E-state index in [4.69, 9.17) is 14.5 Å². The van der Waals surface area contributed by atoms with Crippen molar-refractivity contribution in [1.29, 1.82) is 0 Å². The first-order chi connectivity index (χ1) is 16.6. The molecule has 0 unspecified atom stereocenters. The van der Waals surface area contributed by atoms with E-state index in [-0.39, 0.29) is 24.2 Å². The normalized spacial score (nSPS) is 17.9. The quantitative estimate of drug-likeness (QED) is 0.266. The van der Waals surface area contributed by atoms with Crippen LogP contribution in [0.2, 0.25) is 0 Å². The van der Waals surface area contributed by atoms with E-state index in [0.29, 0.717) is 30.6 Å². The predicted molar refractivity (Wildman–Crippen MR) is 134 cm³/mol. The Morgan fingerprint density at radius 1 is 1.24 bits per heavy atom. The lowest BCUT2D eigenvalue weighted by Gasteiger charge is -2.29. The zero-order valence-electron chi connectivity index (χ0n) is 19.2. The van der Waals surface area contributed by atoms with Gasteiger partial charge in [0.2, 0.25) is 5.95 Å². The van der Waals surface area contributed by atoms with Crippen molar-refractivity contribution in [3.63, 3.8) is 0 Å². The van der Waals surface area contributed by atoms with Crippen LogP contribution in [0.1, 0.15) is 32.1 Å². The summed E-state index contributed by atoms with van der Waals surface area (Å²) in [6.07, 6.45) is 5.95. The number of anilines is 3. The van der Waals surface area contributed by atoms with Gasteiger partial charge < -0.3 is 20.1 Å². The molecule has 1 fully saturated rings. The summed E-state index contributed by atoms with van der Waals surface area (Å²) in [6, 6.07) is 6.89. The highest BCUT2D eigenvalue weighted by Gasteiger charge is 2.23. The lowest BCUT2D eigenvalue weighted by atomic mass is 9.83. The van der Waals surface area contributed by atoms with Gasteiger partial charge in [-0.25, -0.2) is 9.37 Å². The molecule has 1 aliphatic rings. The second kappa shape index (κ2) is 11.4. The number of thiophene rings is 1. The van der Waals surface area contributed by atoms with Crippen molar-refractivity contribution in [3.05, 3.63) is 48.1 Å². The number of nitrogens with zero attached hydrogens (tertiary/aromatic N) is 2. The molecule has 0 atom stereocenters. The van der Waals surface area contributed by atoms with Crippen LogP contribution in [0.25, 0.3) is 10.2 Å². The predicted octanol–water partition coefficient (Wildman–Crippen LogP) is 5.72. The number of rotatable bonds is 11. The molecule has 1 aliphatic carbocycles. The first kappa shape index (κ1) is 24.1. The van der Waals surface area contributed by atoms with E-state index in [1.165, 1.54) is 12.1 Å². The van der Waals surface area contributed by atoms with Crippen molar-refractivity contribution in [2.24, 2.45) is 5.92 Å². The summed E-state index contributed by atoms with van der Waals surface area (Å²) >= 11 is 1.59. The molecule has 7 nitrogen and oxygen atoms in total. The maximum absolute atomic E-state index is 14.4. The number of hydrogen-bond acceptors (Lipinski definition) is 8.